The summed E-state index contributed by atoms with van der Waals surface area (Å²) in [5.41, 5.74) is 3.16. The van der Waals surface area contributed by atoms with Crippen LogP contribution in [0.4, 0.5) is 20.2 Å². The average molecular weight is 357 g/mol. The molecule has 2 aromatic rings. The Morgan fingerprint density at radius 2 is 1.83 bits per heavy atom. The normalized spacial score (nSPS) is 10.5. The first-order valence-electron chi connectivity index (χ1n) is 6.75. The van der Waals surface area contributed by atoms with Crippen LogP contribution in [0.25, 0.3) is 0 Å². The van der Waals surface area contributed by atoms with E-state index < -0.39 is 6.61 Å². The lowest BCUT2D eigenvalue weighted by Gasteiger charge is -2.14. The van der Waals surface area contributed by atoms with E-state index in [1.54, 1.807) is 19.1 Å². The lowest BCUT2D eigenvalue weighted by atomic mass is 10.2. The molecule has 0 aliphatic rings. The van der Waals surface area contributed by atoms with Crippen molar-refractivity contribution < 1.29 is 13.5 Å². The third kappa shape index (κ3) is 5.04. The van der Waals surface area contributed by atoms with Crippen molar-refractivity contribution in [1.82, 2.24) is 0 Å². The third-order valence-electron chi connectivity index (χ3n) is 3.10. The molecule has 0 aromatic heterocycles. The molecule has 0 fully saturated rings. The Morgan fingerprint density at radius 1 is 1.09 bits per heavy atom. The van der Waals surface area contributed by atoms with Gasteiger partial charge in [-0.05, 0) is 67.5 Å². The van der Waals surface area contributed by atoms with E-state index in [9.17, 15) is 8.78 Å². The van der Waals surface area contributed by atoms with Gasteiger partial charge in [0.2, 0.25) is 0 Å². The van der Waals surface area contributed by atoms with Gasteiger partial charge in [-0.3, -0.25) is 0 Å². The van der Waals surface area contributed by atoms with Crippen LogP contribution in [0.1, 0.15) is 11.1 Å². The summed E-state index contributed by atoms with van der Waals surface area (Å²) >= 11 is 11.3. The Morgan fingerprint density at radius 3 is 2.43 bits per heavy atom. The summed E-state index contributed by atoms with van der Waals surface area (Å²) in [7, 11) is 0. The standard InChI is InChI=1S/C16H15ClF2N2OS/c1-9-3-4-11(8-13(9)17)20-16(23)21-14-6-5-12(7-10(14)2)22-15(18)19/h3-8,15H,1-2H3,(H2,20,21,23). The van der Waals surface area contributed by atoms with Crippen LogP contribution in [-0.4, -0.2) is 11.7 Å². The van der Waals surface area contributed by atoms with Crippen LogP contribution in [0.2, 0.25) is 5.02 Å². The van der Waals surface area contributed by atoms with Crippen LogP contribution >= 0.6 is 23.8 Å². The fourth-order valence-corrected chi connectivity index (χ4v) is 2.32. The highest BCUT2D eigenvalue weighted by Crippen LogP contribution is 2.24. The molecule has 0 heterocycles. The molecule has 0 atom stereocenters. The number of thiocarbonyl (C=S) groups is 1. The first-order valence-corrected chi connectivity index (χ1v) is 7.53. The van der Waals surface area contributed by atoms with Crippen molar-refractivity contribution in [2.24, 2.45) is 0 Å². The quantitative estimate of drug-likeness (QED) is 0.722. The van der Waals surface area contributed by atoms with Crippen molar-refractivity contribution in [2.75, 3.05) is 10.6 Å². The van der Waals surface area contributed by atoms with Gasteiger partial charge in [-0.15, -0.1) is 0 Å². The fraction of sp³-hybridized carbons (Fsp3) is 0.188. The van der Waals surface area contributed by atoms with Crippen LogP contribution < -0.4 is 15.4 Å². The molecule has 2 aromatic carbocycles. The highest BCUT2D eigenvalue weighted by molar-refractivity contribution is 7.80. The van der Waals surface area contributed by atoms with Crippen molar-refractivity contribution in [3.05, 3.63) is 52.5 Å². The van der Waals surface area contributed by atoms with E-state index in [1.165, 1.54) is 12.1 Å². The van der Waals surface area contributed by atoms with Crippen molar-refractivity contribution >= 4 is 40.3 Å². The smallest absolute Gasteiger partial charge is 0.387 e. The second-order valence-corrected chi connectivity index (χ2v) is 5.71. The summed E-state index contributed by atoms with van der Waals surface area (Å²) in [6, 6.07) is 10.1. The highest BCUT2D eigenvalue weighted by atomic mass is 35.5. The van der Waals surface area contributed by atoms with Crippen LogP contribution in [-0.2, 0) is 0 Å². The van der Waals surface area contributed by atoms with Crippen LogP contribution in [0.3, 0.4) is 0 Å². The predicted molar refractivity (Wildman–Crippen MR) is 93.8 cm³/mol. The molecule has 0 bridgehead atoms. The van der Waals surface area contributed by atoms with Crippen LogP contribution in [0, 0.1) is 13.8 Å². The van der Waals surface area contributed by atoms with Crippen molar-refractivity contribution in [3.63, 3.8) is 0 Å². The Hall–Kier alpha value is -1.92. The predicted octanol–water partition coefficient (Wildman–Crippen LogP) is 5.37. The van der Waals surface area contributed by atoms with Gasteiger partial charge in [0.25, 0.3) is 0 Å². The molecule has 2 N–H and O–H groups in total. The molecule has 122 valence electrons. The number of benzene rings is 2. The van der Waals surface area contributed by atoms with E-state index in [-0.39, 0.29) is 5.75 Å². The van der Waals surface area contributed by atoms with Gasteiger partial charge in [-0.1, -0.05) is 17.7 Å². The zero-order chi connectivity index (χ0) is 17.0. The summed E-state index contributed by atoms with van der Waals surface area (Å²) in [6.07, 6.45) is 0. The van der Waals surface area contributed by atoms with Crippen LogP contribution in [0.5, 0.6) is 5.75 Å². The first kappa shape index (κ1) is 17.4. The Kier molecular flexibility index (Phi) is 5.74. The lowest BCUT2D eigenvalue weighted by molar-refractivity contribution is -0.0498. The van der Waals surface area contributed by atoms with Gasteiger partial charge in [0.1, 0.15) is 5.75 Å². The van der Waals surface area contributed by atoms with Gasteiger partial charge >= 0.3 is 6.61 Å². The molecule has 2 rings (SSSR count). The van der Waals surface area contributed by atoms with E-state index in [0.29, 0.717) is 15.8 Å². The molecule has 0 aliphatic carbocycles. The van der Waals surface area contributed by atoms with Gasteiger partial charge in [-0.2, -0.15) is 8.78 Å². The Labute approximate surface area is 143 Å². The molecule has 0 aliphatic heterocycles. The molecule has 7 heteroatoms. The summed E-state index contributed by atoms with van der Waals surface area (Å²) in [6.45, 7) is 0.836. The summed E-state index contributed by atoms with van der Waals surface area (Å²) in [5, 5.41) is 7.04. The number of alkyl halides is 2. The van der Waals surface area contributed by atoms with E-state index >= 15 is 0 Å². The largest absolute Gasteiger partial charge is 0.435 e. The summed E-state index contributed by atoms with van der Waals surface area (Å²) < 4.78 is 28.7. The van der Waals surface area contributed by atoms with Crippen molar-refractivity contribution in [2.45, 2.75) is 20.5 Å². The Bertz CT molecular complexity index is 725. The molecule has 0 unspecified atom stereocenters. The third-order valence-corrected chi connectivity index (χ3v) is 3.71. The number of halogens is 3. The monoisotopic (exact) mass is 356 g/mol. The van der Waals surface area contributed by atoms with Crippen molar-refractivity contribution in [3.8, 4) is 5.75 Å². The molecule has 0 amide bonds. The number of anilines is 2. The number of hydrogen-bond acceptors (Lipinski definition) is 2. The van der Waals surface area contributed by atoms with E-state index in [2.05, 4.69) is 15.4 Å². The fourth-order valence-electron chi connectivity index (χ4n) is 1.91. The zero-order valence-corrected chi connectivity index (χ0v) is 14.1. The Balaban J connectivity index is 2.03. The van der Waals surface area contributed by atoms with Gasteiger partial charge < -0.3 is 15.4 Å². The first-order chi connectivity index (χ1) is 10.8. The minimum absolute atomic E-state index is 0.104. The van der Waals surface area contributed by atoms with E-state index in [0.717, 1.165) is 16.8 Å². The van der Waals surface area contributed by atoms with Gasteiger partial charge in [0.05, 0.1) is 0 Å². The highest BCUT2D eigenvalue weighted by Gasteiger charge is 2.08. The van der Waals surface area contributed by atoms with Gasteiger partial charge in [-0.25, -0.2) is 0 Å². The van der Waals surface area contributed by atoms with Crippen LogP contribution in [0.15, 0.2) is 36.4 Å². The molecule has 0 radical (unpaired) electrons. The molecule has 23 heavy (non-hydrogen) atoms. The number of hydrogen-bond donors (Lipinski definition) is 2. The maximum absolute atomic E-state index is 12.2. The number of ether oxygens (including phenoxy) is 1. The minimum Gasteiger partial charge on any atom is -0.435 e. The maximum atomic E-state index is 12.2. The molecule has 3 nitrogen and oxygen atoms in total. The second kappa shape index (κ2) is 7.57. The molecule has 0 saturated carbocycles. The van der Waals surface area contributed by atoms with E-state index in [1.807, 2.05) is 19.1 Å². The van der Waals surface area contributed by atoms with Crippen molar-refractivity contribution in [1.29, 1.82) is 0 Å². The average Bonchev–Trinajstić information content (AvgIpc) is 2.45. The second-order valence-electron chi connectivity index (χ2n) is 4.90. The summed E-state index contributed by atoms with van der Waals surface area (Å²) in [5.74, 6) is 0.104. The number of nitrogens with one attached hydrogen (secondary N) is 2. The molecule has 0 spiro atoms. The topological polar surface area (TPSA) is 33.3 Å². The van der Waals surface area contributed by atoms with Gasteiger partial charge in [0.15, 0.2) is 5.11 Å². The van der Waals surface area contributed by atoms with E-state index in [4.69, 9.17) is 23.8 Å². The zero-order valence-electron chi connectivity index (χ0n) is 12.5. The maximum Gasteiger partial charge on any atom is 0.387 e. The molecular weight excluding hydrogens is 342 g/mol. The lowest BCUT2D eigenvalue weighted by Crippen LogP contribution is -2.19. The molecular formula is C16H15ClF2N2OS. The summed E-state index contributed by atoms with van der Waals surface area (Å²) in [4.78, 5) is 0. The van der Waals surface area contributed by atoms with Gasteiger partial charge in [0, 0.05) is 16.4 Å². The number of rotatable bonds is 4. The SMILES string of the molecule is Cc1ccc(NC(=S)Nc2ccc(OC(F)F)cc2C)cc1Cl. The molecule has 0 saturated heterocycles. The minimum atomic E-state index is -2.85. The number of aryl methyl sites for hydroxylation is 2.